The Bertz CT molecular complexity index is 407. The zero-order chi connectivity index (χ0) is 10.5. The maximum atomic E-state index is 4.21. The summed E-state index contributed by atoms with van der Waals surface area (Å²) < 4.78 is 1.94. The molecule has 3 heteroatoms. The van der Waals surface area contributed by atoms with E-state index in [-0.39, 0.29) is 0 Å². The van der Waals surface area contributed by atoms with Gasteiger partial charge in [-0.15, -0.1) is 0 Å². The first-order valence-corrected chi connectivity index (χ1v) is 5.09. The molecular weight excluding hydrogens is 186 g/mol. The quantitative estimate of drug-likeness (QED) is 0.815. The molecule has 0 fully saturated rings. The fourth-order valence-electron chi connectivity index (χ4n) is 1.64. The van der Waals surface area contributed by atoms with Crippen LogP contribution in [0.1, 0.15) is 11.1 Å². The van der Waals surface area contributed by atoms with Gasteiger partial charge in [0.25, 0.3) is 0 Å². The maximum absolute atomic E-state index is 4.21. The summed E-state index contributed by atoms with van der Waals surface area (Å²) in [4.78, 5) is 0. The van der Waals surface area contributed by atoms with Gasteiger partial charge in [-0.3, -0.25) is 4.68 Å². The first-order valence-electron chi connectivity index (χ1n) is 5.09. The van der Waals surface area contributed by atoms with E-state index in [0.717, 1.165) is 13.1 Å². The minimum Gasteiger partial charge on any atom is -0.316 e. The van der Waals surface area contributed by atoms with Crippen molar-refractivity contribution in [1.29, 1.82) is 0 Å². The second kappa shape index (κ2) is 4.75. The molecule has 0 saturated heterocycles. The van der Waals surface area contributed by atoms with Crippen LogP contribution < -0.4 is 5.32 Å². The summed E-state index contributed by atoms with van der Waals surface area (Å²) in [7, 11) is 1.96. The van der Waals surface area contributed by atoms with Gasteiger partial charge in [-0.1, -0.05) is 24.3 Å². The molecule has 2 aromatic rings. The number of benzene rings is 1. The van der Waals surface area contributed by atoms with Crippen molar-refractivity contribution in [2.45, 2.75) is 13.1 Å². The van der Waals surface area contributed by atoms with Crippen molar-refractivity contribution in [1.82, 2.24) is 15.1 Å². The molecular formula is C12H15N3. The summed E-state index contributed by atoms with van der Waals surface area (Å²) >= 11 is 0. The van der Waals surface area contributed by atoms with Crippen molar-refractivity contribution in [3.05, 3.63) is 53.9 Å². The zero-order valence-electron chi connectivity index (χ0n) is 8.85. The monoisotopic (exact) mass is 201 g/mol. The molecule has 2 rings (SSSR count). The SMILES string of the molecule is CNCc1ccccc1Cn1cccn1. The summed E-state index contributed by atoms with van der Waals surface area (Å²) in [6, 6.07) is 10.4. The van der Waals surface area contributed by atoms with Crippen molar-refractivity contribution < 1.29 is 0 Å². The van der Waals surface area contributed by atoms with Gasteiger partial charge in [-0.05, 0) is 24.2 Å². The van der Waals surface area contributed by atoms with E-state index in [4.69, 9.17) is 0 Å². The molecule has 1 aromatic heterocycles. The molecule has 0 saturated carbocycles. The van der Waals surface area contributed by atoms with Crippen LogP contribution in [0.2, 0.25) is 0 Å². The first kappa shape index (κ1) is 9.93. The van der Waals surface area contributed by atoms with Gasteiger partial charge in [0.2, 0.25) is 0 Å². The van der Waals surface area contributed by atoms with Gasteiger partial charge in [-0.25, -0.2) is 0 Å². The summed E-state index contributed by atoms with van der Waals surface area (Å²) in [6.45, 7) is 1.74. The van der Waals surface area contributed by atoms with Gasteiger partial charge in [0, 0.05) is 18.9 Å². The first-order chi connectivity index (χ1) is 7.40. The smallest absolute Gasteiger partial charge is 0.0662 e. The Morgan fingerprint density at radius 3 is 2.67 bits per heavy atom. The predicted molar refractivity (Wildman–Crippen MR) is 60.5 cm³/mol. The van der Waals surface area contributed by atoms with Gasteiger partial charge >= 0.3 is 0 Å². The van der Waals surface area contributed by atoms with Crippen molar-refractivity contribution in [3.8, 4) is 0 Å². The lowest BCUT2D eigenvalue weighted by molar-refractivity contribution is 0.675. The minimum atomic E-state index is 0.838. The van der Waals surface area contributed by atoms with Gasteiger partial charge < -0.3 is 5.32 Å². The molecule has 3 nitrogen and oxygen atoms in total. The number of nitrogens with one attached hydrogen (secondary N) is 1. The summed E-state index contributed by atoms with van der Waals surface area (Å²) in [5.41, 5.74) is 2.64. The molecule has 0 unspecified atom stereocenters. The van der Waals surface area contributed by atoms with Crippen LogP contribution in [0.5, 0.6) is 0 Å². The van der Waals surface area contributed by atoms with Gasteiger partial charge in [0.15, 0.2) is 0 Å². The van der Waals surface area contributed by atoms with E-state index in [1.54, 1.807) is 6.20 Å². The Morgan fingerprint density at radius 1 is 1.20 bits per heavy atom. The Morgan fingerprint density at radius 2 is 2.00 bits per heavy atom. The molecule has 15 heavy (non-hydrogen) atoms. The summed E-state index contributed by atoms with van der Waals surface area (Å²) in [6.07, 6.45) is 3.79. The second-order valence-corrected chi connectivity index (χ2v) is 3.50. The molecule has 0 aliphatic heterocycles. The summed E-state index contributed by atoms with van der Waals surface area (Å²) in [5.74, 6) is 0. The fraction of sp³-hybridized carbons (Fsp3) is 0.250. The van der Waals surface area contributed by atoms with E-state index < -0.39 is 0 Å². The third-order valence-corrected chi connectivity index (χ3v) is 2.38. The van der Waals surface area contributed by atoms with Crippen molar-refractivity contribution in [2.75, 3.05) is 7.05 Å². The molecule has 78 valence electrons. The van der Waals surface area contributed by atoms with Crippen LogP contribution >= 0.6 is 0 Å². The Labute approximate surface area is 89.7 Å². The Kier molecular flexibility index (Phi) is 3.15. The van der Waals surface area contributed by atoms with Crippen LogP contribution in [0.4, 0.5) is 0 Å². The fourth-order valence-corrected chi connectivity index (χ4v) is 1.64. The zero-order valence-corrected chi connectivity index (χ0v) is 8.85. The number of hydrogen-bond acceptors (Lipinski definition) is 2. The third-order valence-electron chi connectivity index (χ3n) is 2.38. The van der Waals surface area contributed by atoms with E-state index in [2.05, 4.69) is 34.7 Å². The lowest BCUT2D eigenvalue weighted by atomic mass is 10.1. The van der Waals surface area contributed by atoms with Crippen LogP contribution in [0.15, 0.2) is 42.7 Å². The molecule has 0 bridgehead atoms. The molecule has 1 heterocycles. The highest BCUT2D eigenvalue weighted by Crippen LogP contribution is 2.09. The Hall–Kier alpha value is -1.61. The van der Waals surface area contributed by atoms with E-state index in [1.165, 1.54) is 11.1 Å². The third kappa shape index (κ3) is 2.44. The molecule has 0 amide bonds. The van der Waals surface area contributed by atoms with Crippen LogP contribution in [0, 0.1) is 0 Å². The molecule has 1 N–H and O–H groups in total. The number of aromatic nitrogens is 2. The Balaban J connectivity index is 2.20. The average molecular weight is 201 g/mol. The lowest BCUT2D eigenvalue weighted by Crippen LogP contribution is -2.10. The highest BCUT2D eigenvalue weighted by molar-refractivity contribution is 5.27. The van der Waals surface area contributed by atoms with E-state index >= 15 is 0 Å². The number of nitrogens with zero attached hydrogens (tertiary/aromatic N) is 2. The average Bonchev–Trinajstić information content (AvgIpc) is 2.74. The number of hydrogen-bond donors (Lipinski definition) is 1. The van der Waals surface area contributed by atoms with Crippen molar-refractivity contribution in [2.24, 2.45) is 0 Å². The minimum absolute atomic E-state index is 0.838. The molecule has 1 aromatic carbocycles. The van der Waals surface area contributed by atoms with Crippen LogP contribution in [-0.2, 0) is 13.1 Å². The standard InChI is InChI=1S/C12H15N3/c1-13-9-11-5-2-3-6-12(11)10-15-8-4-7-14-15/h2-8,13H,9-10H2,1H3. The molecule has 0 aliphatic carbocycles. The highest BCUT2D eigenvalue weighted by atomic mass is 15.3. The van der Waals surface area contributed by atoms with Crippen molar-refractivity contribution in [3.63, 3.8) is 0 Å². The van der Waals surface area contributed by atoms with E-state index in [9.17, 15) is 0 Å². The number of rotatable bonds is 4. The van der Waals surface area contributed by atoms with Gasteiger partial charge in [0.1, 0.15) is 0 Å². The topological polar surface area (TPSA) is 29.9 Å². The highest BCUT2D eigenvalue weighted by Gasteiger charge is 2.01. The maximum Gasteiger partial charge on any atom is 0.0662 e. The van der Waals surface area contributed by atoms with Gasteiger partial charge in [0.05, 0.1) is 6.54 Å². The van der Waals surface area contributed by atoms with Crippen LogP contribution in [-0.4, -0.2) is 16.8 Å². The van der Waals surface area contributed by atoms with E-state index in [0.29, 0.717) is 0 Å². The van der Waals surface area contributed by atoms with Gasteiger partial charge in [-0.2, -0.15) is 5.10 Å². The van der Waals surface area contributed by atoms with Crippen molar-refractivity contribution >= 4 is 0 Å². The van der Waals surface area contributed by atoms with E-state index in [1.807, 2.05) is 24.0 Å². The predicted octanol–water partition coefficient (Wildman–Crippen LogP) is 1.65. The normalized spacial score (nSPS) is 10.5. The van der Waals surface area contributed by atoms with Crippen LogP contribution in [0.3, 0.4) is 0 Å². The molecule has 0 spiro atoms. The largest absolute Gasteiger partial charge is 0.316 e. The lowest BCUT2D eigenvalue weighted by Gasteiger charge is -2.08. The second-order valence-electron chi connectivity index (χ2n) is 3.50. The molecule has 0 atom stereocenters. The summed E-state index contributed by atoms with van der Waals surface area (Å²) in [5, 5.41) is 7.38. The van der Waals surface area contributed by atoms with Crippen LogP contribution in [0.25, 0.3) is 0 Å². The molecule has 0 aliphatic rings. The molecule has 0 radical (unpaired) electrons.